The molecule has 1 atom stereocenters. The molecular formula is C71H130O6. The molecule has 0 saturated carbocycles. The third-order valence-corrected chi connectivity index (χ3v) is 15.3. The summed E-state index contributed by atoms with van der Waals surface area (Å²) in [6, 6.07) is 0. The van der Waals surface area contributed by atoms with E-state index < -0.39 is 6.10 Å². The van der Waals surface area contributed by atoms with Gasteiger partial charge in [0.05, 0.1) is 0 Å². The van der Waals surface area contributed by atoms with E-state index in [4.69, 9.17) is 14.2 Å². The highest BCUT2D eigenvalue weighted by atomic mass is 16.6. The number of esters is 3. The summed E-state index contributed by atoms with van der Waals surface area (Å²) >= 11 is 0. The molecule has 0 saturated heterocycles. The van der Waals surface area contributed by atoms with E-state index in [0.717, 1.165) is 89.9 Å². The van der Waals surface area contributed by atoms with Crippen LogP contribution in [0.25, 0.3) is 0 Å². The van der Waals surface area contributed by atoms with Gasteiger partial charge in [-0.2, -0.15) is 0 Å². The molecule has 0 aliphatic heterocycles. The minimum absolute atomic E-state index is 0.0774. The van der Waals surface area contributed by atoms with Gasteiger partial charge in [-0.25, -0.2) is 0 Å². The van der Waals surface area contributed by atoms with Gasteiger partial charge in [0.15, 0.2) is 6.10 Å². The predicted octanol–water partition coefficient (Wildman–Crippen LogP) is 23.3. The second-order valence-electron chi connectivity index (χ2n) is 23.1. The fraction of sp³-hybridized carbons (Fsp3) is 0.845. The maximum absolute atomic E-state index is 12.9. The minimum Gasteiger partial charge on any atom is -0.462 e. The second kappa shape index (κ2) is 65.9. The first kappa shape index (κ1) is 74.4. The van der Waals surface area contributed by atoms with E-state index in [-0.39, 0.29) is 31.1 Å². The van der Waals surface area contributed by atoms with Crippen LogP contribution < -0.4 is 0 Å². The molecule has 0 aromatic heterocycles. The molecular weight excluding hydrogens is 949 g/mol. The molecule has 0 rings (SSSR count). The summed E-state index contributed by atoms with van der Waals surface area (Å²) in [5.74, 6) is -0.875. The van der Waals surface area contributed by atoms with Gasteiger partial charge in [-0.05, 0) is 83.5 Å². The van der Waals surface area contributed by atoms with Crippen LogP contribution in [-0.4, -0.2) is 37.2 Å². The predicted molar refractivity (Wildman–Crippen MR) is 335 cm³/mol. The van der Waals surface area contributed by atoms with E-state index in [1.54, 1.807) is 0 Å². The molecule has 0 spiro atoms. The molecule has 0 aromatic carbocycles. The van der Waals surface area contributed by atoms with Crippen molar-refractivity contribution in [3.8, 4) is 0 Å². The first-order chi connectivity index (χ1) is 38.0. The number of unbranched alkanes of at least 4 members (excludes halogenated alkanes) is 44. The van der Waals surface area contributed by atoms with E-state index in [1.165, 1.54) is 238 Å². The summed E-state index contributed by atoms with van der Waals surface area (Å²) in [7, 11) is 0. The zero-order valence-corrected chi connectivity index (χ0v) is 51.7. The van der Waals surface area contributed by atoms with E-state index in [0.29, 0.717) is 19.3 Å². The summed E-state index contributed by atoms with van der Waals surface area (Å²) < 4.78 is 17.0. The molecule has 6 heteroatoms. The van der Waals surface area contributed by atoms with Crippen molar-refractivity contribution in [2.45, 2.75) is 374 Å². The van der Waals surface area contributed by atoms with Gasteiger partial charge in [-0.15, -0.1) is 0 Å². The van der Waals surface area contributed by atoms with Crippen molar-refractivity contribution in [3.05, 3.63) is 48.6 Å². The molecule has 0 aromatic rings. The van der Waals surface area contributed by atoms with Crippen LogP contribution in [0.15, 0.2) is 48.6 Å². The number of ether oxygens (including phenoxy) is 3. The van der Waals surface area contributed by atoms with Gasteiger partial charge in [0.2, 0.25) is 0 Å². The Morgan fingerprint density at radius 1 is 0.260 bits per heavy atom. The van der Waals surface area contributed by atoms with Crippen LogP contribution in [0.1, 0.15) is 367 Å². The van der Waals surface area contributed by atoms with Gasteiger partial charge in [0.25, 0.3) is 0 Å². The number of rotatable bonds is 63. The fourth-order valence-electron chi connectivity index (χ4n) is 10.2. The smallest absolute Gasteiger partial charge is 0.306 e. The standard InChI is InChI=1S/C71H130O6/c1-4-7-10-13-16-19-22-25-28-31-33-34-35-36-37-39-40-43-46-49-52-55-58-61-64-70(73)76-67-68(66-75-69(72)63-60-57-54-51-48-45-42-30-27-24-21-18-15-12-9-6-3)77-71(74)65-62-59-56-53-50-47-44-41-38-32-29-26-23-20-17-14-11-8-5-2/h17,20,26,29-30,38,41-42,68H,4-16,18-19,21-25,27-28,31-37,39-40,43-67H2,1-3H3/b20-17-,29-26-,41-38-,42-30-. The maximum atomic E-state index is 12.9. The Balaban J connectivity index is 4.32. The van der Waals surface area contributed by atoms with Crippen molar-refractivity contribution in [1.82, 2.24) is 0 Å². The molecule has 0 heterocycles. The van der Waals surface area contributed by atoms with Crippen LogP contribution in [0.2, 0.25) is 0 Å². The largest absolute Gasteiger partial charge is 0.462 e. The Labute approximate surface area is 479 Å². The van der Waals surface area contributed by atoms with Crippen LogP contribution >= 0.6 is 0 Å². The van der Waals surface area contributed by atoms with Crippen molar-refractivity contribution >= 4 is 17.9 Å². The molecule has 450 valence electrons. The molecule has 1 unspecified atom stereocenters. The van der Waals surface area contributed by atoms with Crippen molar-refractivity contribution < 1.29 is 28.6 Å². The normalized spacial score (nSPS) is 12.3. The summed E-state index contributed by atoms with van der Waals surface area (Å²) in [4.78, 5) is 38.4. The lowest BCUT2D eigenvalue weighted by molar-refractivity contribution is -0.167. The Kier molecular flexibility index (Phi) is 63.6. The minimum atomic E-state index is -0.783. The summed E-state index contributed by atoms with van der Waals surface area (Å²) in [6.45, 7) is 6.66. The molecule has 0 radical (unpaired) electrons. The van der Waals surface area contributed by atoms with Crippen molar-refractivity contribution in [2.75, 3.05) is 13.2 Å². The topological polar surface area (TPSA) is 78.9 Å². The molecule has 0 bridgehead atoms. The summed E-state index contributed by atoms with van der Waals surface area (Å²) in [6.07, 6.45) is 82.7. The summed E-state index contributed by atoms with van der Waals surface area (Å²) in [5.41, 5.74) is 0. The lowest BCUT2D eigenvalue weighted by atomic mass is 10.0. The van der Waals surface area contributed by atoms with Gasteiger partial charge in [-0.1, -0.05) is 313 Å². The Morgan fingerprint density at radius 3 is 0.766 bits per heavy atom. The van der Waals surface area contributed by atoms with Gasteiger partial charge in [0, 0.05) is 19.3 Å². The molecule has 0 aliphatic rings. The highest BCUT2D eigenvalue weighted by molar-refractivity contribution is 5.71. The Morgan fingerprint density at radius 2 is 0.468 bits per heavy atom. The van der Waals surface area contributed by atoms with E-state index >= 15 is 0 Å². The van der Waals surface area contributed by atoms with Crippen molar-refractivity contribution in [3.63, 3.8) is 0 Å². The maximum Gasteiger partial charge on any atom is 0.306 e. The average Bonchev–Trinajstić information content (AvgIpc) is 3.43. The zero-order chi connectivity index (χ0) is 55.7. The van der Waals surface area contributed by atoms with Crippen molar-refractivity contribution in [2.24, 2.45) is 0 Å². The van der Waals surface area contributed by atoms with Gasteiger partial charge in [-0.3, -0.25) is 14.4 Å². The first-order valence-corrected chi connectivity index (χ1v) is 34.1. The zero-order valence-electron chi connectivity index (χ0n) is 51.7. The summed E-state index contributed by atoms with van der Waals surface area (Å²) in [5, 5.41) is 0. The number of allylic oxidation sites excluding steroid dienone is 8. The number of hydrogen-bond donors (Lipinski definition) is 0. The average molecular weight is 1080 g/mol. The third kappa shape index (κ3) is 64.1. The highest BCUT2D eigenvalue weighted by Gasteiger charge is 2.19. The van der Waals surface area contributed by atoms with Gasteiger partial charge < -0.3 is 14.2 Å². The quantitative estimate of drug-likeness (QED) is 0.0261. The molecule has 0 fully saturated rings. The molecule has 77 heavy (non-hydrogen) atoms. The van der Waals surface area contributed by atoms with Crippen LogP contribution in [0.4, 0.5) is 0 Å². The lowest BCUT2D eigenvalue weighted by Crippen LogP contribution is -2.30. The Hall–Kier alpha value is -2.63. The van der Waals surface area contributed by atoms with Crippen LogP contribution in [0.5, 0.6) is 0 Å². The number of carbonyl (C=O) groups excluding carboxylic acids is 3. The number of hydrogen-bond acceptors (Lipinski definition) is 6. The third-order valence-electron chi connectivity index (χ3n) is 15.3. The van der Waals surface area contributed by atoms with E-state index in [2.05, 4.69) is 69.4 Å². The van der Waals surface area contributed by atoms with Crippen molar-refractivity contribution in [1.29, 1.82) is 0 Å². The molecule has 0 N–H and O–H groups in total. The van der Waals surface area contributed by atoms with E-state index in [1.807, 2.05) is 0 Å². The van der Waals surface area contributed by atoms with Gasteiger partial charge in [0.1, 0.15) is 13.2 Å². The monoisotopic (exact) mass is 1080 g/mol. The molecule has 6 nitrogen and oxygen atoms in total. The fourth-order valence-corrected chi connectivity index (χ4v) is 10.2. The molecule has 0 aliphatic carbocycles. The van der Waals surface area contributed by atoms with Gasteiger partial charge >= 0.3 is 17.9 Å². The molecule has 0 amide bonds. The van der Waals surface area contributed by atoms with Crippen LogP contribution in [0, 0.1) is 0 Å². The van der Waals surface area contributed by atoms with Crippen LogP contribution in [0.3, 0.4) is 0 Å². The SMILES string of the molecule is CCCCC/C=C\C/C=C\C/C=C\CCCCCCCCC(=O)OC(COC(=O)CCCCCCC/C=C\CCCCCCCCC)COC(=O)CCCCCCCCCCCCCCCCCCCCCCCCCC. The lowest BCUT2D eigenvalue weighted by Gasteiger charge is -2.18. The highest BCUT2D eigenvalue weighted by Crippen LogP contribution is 2.18. The Bertz CT molecular complexity index is 1330. The number of carbonyl (C=O) groups is 3. The van der Waals surface area contributed by atoms with Crippen LogP contribution in [-0.2, 0) is 28.6 Å². The second-order valence-corrected chi connectivity index (χ2v) is 23.1. The van der Waals surface area contributed by atoms with E-state index in [9.17, 15) is 14.4 Å². The first-order valence-electron chi connectivity index (χ1n) is 34.1.